The molecule has 4 aliphatic carbocycles. The van der Waals surface area contributed by atoms with Crippen molar-refractivity contribution in [1.29, 1.82) is 0 Å². The van der Waals surface area contributed by atoms with Gasteiger partial charge in [0.25, 0.3) is 0 Å². The quantitative estimate of drug-likeness (QED) is 0.506. The predicted octanol–water partition coefficient (Wildman–Crippen LogP) is 4.74. The van der Waals surface area contributed by atoms with Crippen LogP contribution < -0.4 is 0 Å². The minimum absolute atomic E-state index is 0.0310. The van der Waals surface area contributed by atoms with Crippen LogP contribution in [-0.2, 0) is 19.1 Å². The van der Waals surface area contributed by atoms with Crippen LogP contribution in [0.15, 0.2) is 23.5 Å². The molecule has 5 rings (SSSR count). The number of rotatable bonds is 1. The summed E-state index contributed by atoms with van der Waals surface area (Å²) in [6.45, 7) is 15.5. The van der Waals surface area contributed by atoms with Gasteiger partial charge in [0.05, 0.1) is 23.2 Å². The van der Waals surface area contributed by atoms with Gasteiger partial charge in [-0.1, -0.05) is 39.3 Å². The molecule has 1 heterocycles. The van der Waals surface area contributed by atoms with Crippen LogP contribution in [0.5, 0.6) is 0 Å². The van der Waals surface area contributed by atoms with Gasteiger partial charge in [-0.05, 0) is 63.4 Å². The molecule has 1 aliphatic heterocycles. The minimum atomic E-state index is -1.14. The molecule has 0 amide bonds. The first-order chi connectivity index (χ1) is 16.4. The van der Waals surface area contributed by atoms with Crippen LogP contribution in [0.25, 0.3) is 0 Å². The van der Waals surface area contributed by atoms with Gasteiger partial charge in [-0.15, -0.1) is 0 Å². The van der Waals surface area contributed by atoms with E-state index >= 15 is 0 Å². The SMILES string of the molecule is C[C@H]1C(=O)C[C@H](C(C)(C)O)O[C@H]2C[C@]3(C)[C@H]4CC=C5[C@H](C=C(O)C(=O)C5(C)C)[C@@]4(C)C(=O)C[C@@]3(C)[C@@H]21. The average Bonchev–Trinajstić information content (AvgIpc) is 2.88. The third-order valence-electron chi connectivity index (χ3n) is 11.6. The number of carbonyl (C=O) groups is 3. The molecule has 0 aromatic heterocycles. The number of Topliss-reactive ketones (excluding diaryl/α,β-unsaturated/α-hetero) is 3. The van der Waals surface area contributed by atoms with Crippen molar-refractivity contribution < 1.29 is 29.3 Å². The number of aliphatic hydroxyl groups excluding tert-OH is 1. The number of fused-ring (bicyclic) bond motifs is 7. The topological polar surface area (TPSA) is 101 Å². The van der Waals surface area contributed by atoms with Crippen molar-refractivity contribution in [3.8, 4) is 0 Å². The first kappa shape index (κ1) is 25.8. The second-order valence-electron chi connectivity index (χ2n) is 14.2. The molecule has 2 saturated carbocycles. The zero-order valence-corrected chi connectivity index (χ0v) is 23.0. The lowest BCUT2D eigenvalue weighted by molar-refractivity contribution is -0.167. The van der Waals surface area contributed by atoms with E-state index in [0.717, 1.165) is 5.57 Å². The maximum absolute atomic E-state index is 14.3. The van der Waals surface area contributed by atoms with Crippen LogP contribution in [0.4, 0.5) is 0 Å². The number of aliphatic hydroxyl groups is 2. The minimum Gasteiger partial charge on any atom is -0.505 e. The molecule has 0 radical (unpaired) electrons. The summed E-state index contributed by atoms with van der Waals surface area (Å²) in [6.07, 6.45) is 4.84. The molecule has 0 aromatic rings. The molecular formula is C30H42O6. The van der Waals surface area contributed by atoms with Crippen molar-refractivity contribution in [2.24, 2.45) is 45.3 Å². The fraction of sp³-hybridized carbons (Fsp3) is 0.767. The predicted molar refractivity (Wildman–Crippen MR) is 135 cm³/mol. The molecule has 0 unspecified atom stereocenters. The van der Waals surface area contributed by atoms with Gasteiger partial charge in [0, 0.05) is 36.0 Å². The van der Waals surface area contributed by atoms with Crippen molar-refractivity contribution in [3.05, 3.63) is 23.5 Å². The maximum atomic E-state index is 14.3. The molecule has 198 valence electrons. The molecular weight excluding hydrogens is 456 g/mol. The summed E-state index contributed by atoms with van der Waals surface area (Å²) >= 11 is 0. The molecule has 0 bridgehead atoms. The molecule has 6 heteroatoms. The second-order valence-corrected chi connectivity index (χ2v) is 14.2. The molecule has 36 heavy (non-hydrogen) atoms. The van der Waals surface area contributed by atoms with Crippen LogP contribution in [0.1, 0.15) is 81.1 Å². The van der Waals surface area contributed by atoms with E-state index < -0.39 is 27.9 Å². The molecule has 0 spiro atoms. The van der Waals surface area contributed by atoms with Gasteiger partial charge in [0.1, 0.15) is 11.6 Å². The molecule has 3 fully saturated rings. The van der Waals surface area contributed by atoms with Gasteiger partial charge in [-0.2, -0.15) is 0 Å². The smallest absolute Gasteiger partial charge is 0.206 e. The summed E-state index contributed by atoms with van der Waals surface area (Å²) in [5.41, 5.74) is -2.59. The van der Waals surface area contributed by atoms with E-state index in [2.05, 4.69) is 19.9 Å². The third-order valence-corrected chi connectivity index (χ3v) is 11.6. The van der Waals surface area contributed by atoms with Crippen molar-refractivity contribution in [3.63, 3.8) is 0 Å². The fourth-order valence-corrected chi connectivity index (χ4v) is 9.24. The van der Waals surface area contributed by atoms with Gasteiger partial charge in [0.2, 0.25) is 5.78 Å². The highest BCUT2D eigenvalue weighted by atomic mass is 16.5. The van der Waals surface area contributed by atoms with E-state index in [1.54, 1.807) is 19.9 Å². The lowest BCUT2D eigenvalue weighted by Gasteiger charge is -2.63. The summed E-state index contributed by atoms with van der Waals surface area (Å²) in [6, 6.07) is 0. The van der Waals surface area contributed by atoms with Crippen LogP contribution >= 0.6 is 0 Å². The Hall–Kier alpha value is -1.79. The highest BCUT2D eigenvalue weighted by Gasteiger charge is 2.73. The number of hydrogen-bond acceptors (Lipinski definition) is 6. The van der Waals surface area contributed by atoms with E-state index in [1.165, 1.54) is 0 Å². The Morgan fingerprint density at radius 1 is 1.06 bits per heavy atom. The number of ether oxygens (including phenoxy) is 1. The summed E-state index contributed by atoms with van der Waals surface area (Å²) < 4.78 is 6.59. The van der Waals surface area contributed by atoms with E-state index in [-0.39, 0.29) is 64.7 Å². The zero-order valence-electron chi connectivity index (χ0n) is 23.0. The number of allylic oxidation sites excluding steroid dienone is 4. The van der Waals surface area contributed by atoms with Crippen LogP contribution in [0.3, 0.4) is 0 Å². The van der Waals surface area contributed by atoms with Gasteiger partial charge >= 0.3 is 0 Å². The Morgan fingerprint density at radius 2 is 1.69 bits per heavy atom. The van der Waals surface area contributed by atoms with Gasteiger partial charge in [-0.25, -0.2) is 0 Å². The standard InChI is InChI=1S/C30H42O6/c1-15-18(31)12-23(27(4,5)35)36-20-13-28(6)21-10-9-16-17(11-19(32)25(34)26(16,2)3)30(21,8)22(33)14-29(28,7)24(15)20/h9,11,15,17,20-21,23-24,32,35H,10,12-14H2,1-8H3/t15-,17-,20-,21+,23+,24+,28+,29-,30+/m0/s1. The third kappa shape index (κ3) is 3.00. The van der Waals surface area contributed by atoms with Gasteiger partial charge in [-0.3, -0.25) is 14.4 Å². The first-order valence-corrected chi connectivity index (χ1v) is 13.5. The van der Waals surface area contributed by atoms with Crippen molar-refractivity contribution >= 4 is 17.3 Å². The Kier molecular flexibility index (Phi) is 5.32. The lowest BCUT2D eigenvalue weighted by Crippen LogP contribution is -2.62. The van der Waals surface area contributed by atoms with Crippen LogP contribution in [-0.4, -0.2) is 45.4 Å². The molecule has 0 aromatic carbocycles. The largest absolute Gasteiger partial charge is 0.505 e. The summed E-state index contributed by atoms with van der Waals surface area (Å²) in [5, 5.41) is 21.4. The number of ketones is 3. The highest BCUT2D eigenvalue weighted by Crippen LogP contribution is 2.74. The zero-order chi connectivity index (χ0) is 26.8. The molecule has 6 nitrogen and oxygen atoms in total. The number of carbonyl (C=O) groups excluding carboxylic acids is 3. The second kappa shape index (κ2) is 7.41. The fourth-order valence-electron chi connectivity index (χ4n) is 9.24. The van der Waals surface area contributed by atoms with E-state index in [4.69, 9.17) is 4.74 Å². The van der Waals surface area contributed by atoms with Crippen molar-refractivity contribution in [1.82, 2.24) is 0 Å². The van der Waals surface area contributed by atoms with Crippen LogP contribution in [0, 0.1) is 45.3 Å². The molecule has 9 atom stereocenters. The summed E-state index contributed by atoms with van der Waals surface area (Å²) in [5.74, 6) is -1.07. The Balaban J connectivity index is 1.64. The molecule has 2 N–H and O–H groups in total. The monoisotopic (exact) mass is 498 g/mol. The average molecular weight is 499 g/mol. The van der Waals surface area contributed by atoms with E-state index in [0.29, 0.717) is 19.3 Å². The Labute approximate surface area is 214 Å². The molecule has 1 saturated heterocycles. The van der Waals surface area contributed by atoms with E-state index in [9.17, 15) is 24.6 Å². The van der Waals surface area contributed by atoms with E-state index in [1.807, 2.05) is 27.7 Å². The number of hydrogen-bond donors (Lipinski definition) is 2. The molecule has 5 aliphatic rings. The Bertz CT molecular complexity index is 1110. The summed E-state index contributed by atoms with van der Waals surface area (Å²) in [4.78, 5) is 40.4. The van der Waals surface area contributed by atoms with Crippen molar-refractivity contribution in [2.75, 3.05) is 0 Å². The van der Waals surface area contributed by atoms with Crippen molar-refractivity contribution in [2.45, 2.75) is 98.9 Å². The normalized spacial score (nSPS) is 48.2. The highest BCUT2D eigenvalue weighted by molar-refractivity contribution is 6.02. The maximum Gasteiger partial charge on any atom is 0.206 e. The van der Waals surface area contributed by atoms with Gasteiger partial charge < -0.3 is 14.9 Å². The van der Waals surface area contributed by atoms with Gasteiger partial charge in [0.15, 0.2) is 5.76 Å². The van der Waals surface area contributed by atoms with Crippen LogP contribution in [0.2, 0.25) is 0 Å². The first-order valence-electron chi connectivity index (χ1n) is 13.5. The summed E-state index contributed by atoms with van der Waals surface area (Å²) in [7, 11) is 0. The lowest BCUT2D eigenvalue weighted by atomic mass is 9.39. The Morgan fingerprint density at radius 3 is 2.31 bits per heavy atom.